The van der Waals surface area contributed by atoms with E-state index in [1.165, 1.54) is 6.07 Å². The maximum Gasteiger partial charge on any atom is 0.326 e. The number of anilines is 1. The Balaban J connectivity index is 1.76. The summed E-state index contributed by atoms with van der Waals surface area (Å²) in [5.41, 5.74) is 6.03. The summed E-state index contributed by atoms with van der Waals surface area (Å²) in [5, 5.41) is 20.2. The maximum absolute atomic E-state index is 12.4. The number of aliphatic carboxylic acids is 2. The molecular formula is C20H23N5O7. The fourth-order valence-electron chi connectivity index (χ4n) is 3.40. The molecule has 3 heterocycles. The van der Waals surface area contributed by atoms with E-state index >= 15 is 0 Å². The number of fused-ring (bicyclic) bond motifs is 1. The summed E-state index contributed by atoms with van der Waals surface area (Å²) in [5.74, 6) is -3.03. The smallest absolute Gasteiger partial charge is 0.326 e. The van der Waals surface area contributed by atoms with Crippen LogP contribution < -0.4 is 16.6 Å². The van der Waals surface area contributed by atoms with Crippen LogP contribution in [0.2, 0.25) is 0 Å². The van der Waals surface area contributed by atoms with E-state index in [9.17, 15) is 24.3 Å². The molecule has 0 saturated heterocycles. The van der Waals surface area contributed by atoms with Gasteiger partial charge in [-0.05, 0) is 31.0 Å². The van der Waals surface area contributed by atoms with Crippen molar-refractivity contribution < 1.29 is 29.0 Å². The van der Waals surface area contributed by atoms with Crippen molar-refractivity contribution in [1.29, 1.82) is 0 Å². The van der Waals surface area contributed by atoms with Gasteiger partial charge in [0.15, 0.2) is 5.76 Å². The van der Waals surface area contributed by atoms with Crippen molar-refractivity contribution in [2.75, 3.05) is 5.73 Å². The summed E-state index contributed by atoms with van der Waals surface area (Å²) in [6.07, 6.45) is 1.70. The zero-order valence-electron chi connectivity index (χ0n) is 17.2. The summed E-state index contributed by atoms with van der Waals surface area (Å²) < 4.78 is 7.38. The third kappa shape index (κ3) is 4.96. The summed E-state index contributed by atoms with van der Waals surface area (Å²) in [6.45, 7) is 2.30. The molecule has 0 spiro atoms. The van der Waals surface area contributed by atoms with Gasteiger partial charge >= 0.3 is 11.9 Å². The first-order chi connectivity index (χ1) is 15.2. The second kappa shape index (κ2) is 9.37. The van der Waals surface area contributed by atoms with Crippen molar-refractivity contribution in [1.82, 2.24) is 19.9 Å². The fourth-order valence-corrected chi connectivity index (χ4v) is 3.40. The van der Waals surface area contributed by atoms with Crippen LogP contribution in [0.4, 0.5) is 5.95 Å². The Kier molecular flexibility index (Phi) is 6.61. The van der Waals surface area contributed by atoms with E-state index in [-0.39, 0.29) is 24.0 Å². The van der Waals surface area contributed by atoms with E-state index in [4.69, 9.17) is 15.3 Å². The molecule has 0 aromatic carbocycles. The number of nitrogens with one attached hydrogen (secondary N) is 2. The second-order valence-electron chi connectivity index (χ2n) is 7.26. The van der Waals surface area contributed by atoms with Gasteiger partial charge in [0.05, 0.1) is 5.52 Å². The molecule has 2 atom stereocenters. The van der Waals surface area contributed by atoms with Crippen molar-refractivity contribution in [3.05, 3.63) is 46.3 Å². The normalized spacial score (nSPS) is 13.0. The maximum atomic E-state index is 12.4. The number of furan rings is 1. The number of hydrogen-bond donors (Lipinski definition) is 5. The highest BCUT2D eigenvalue weighted by atomic mass is 16.4. The number of amides is 1. The lowest BCUT2D eigenvalue weighted by molar-refractivity contribution is -0.140. The molecule has 0 aliphatic carbocycles. The van der Waals surface area contributed by atoms with E-state index < -0.39 is 35.9 Å². The van der Waals surface area contributed by atoms with Crippen molar-refractivity contribution in [2.45, 2.75) is 44.7 Å². The summed E-state index contributed by atoms with van der Waals surface area (Å²) in [4.78, 5) is 53.2. The van der Waals surface area contributed by atoms with Crippen LogP contribution in [0.1, 0.15) is 48.4 Å². The van der Waals surface area contributed by atoms with E-state index in [0.717, 1.165) is 0 Å². The topological polar surface area (TPSA) is 194 Å². The van der Waals surface area contributed by atoms with Gasteiger partial charge in [-0.25, -0.2) is 4.79 Å². The Labute approximate surface area is 181 Å². The molecule has 0 aliphatic heterocycles. The fraction of sp³-hybridized carbons (Fsp3) is 0.350. The van der Waals surface area contributed by atoms with Gasteiger partial charge < -0.3 is 35.2 Å². The molecule has 170 valence electrons. The molecule has 0 fully saturated rings. The standard InChI is InChI=1S/C20H23N5O7/c1-2-10(9-25-8-7-11-16(25)18(29)24-20(21)23-11)13-4-5-14(32-13)17(28)22-12(19(30)31)3-6-15(26)27/h4-5,7-8,10,12H,2-3,6,9H2,1H3,(H,22,28)(H,26,27)(H,30,31)(H3,21,23,24,29)/t10?,12-/m0/s1. The van der Waals surface area contributed by atoms with E-state index in [1.807, 2.05) is 6.92 Å². The first-order valence-corrected chi connectivity index (χ1v) is 9.89. The molecule has 12 nitrogen and oxygen atoms in total. The number of carbonyl (C=O) groups is 3. The molecule has 0 bridgehead atoms. The van der Waals surface area contributed by atoms with Crippen LogP contribution in [0.3, 0.4) is 0 Å². The Morgan fingerprint density at radius 2 is 2.03 bits per heavy atom. The zero-order valence-corrected chi connectivity index (χ0v) is 17.2. The van der Waals surface area contributed by atoms with Gasteiger partial charge in [-0.15, -0.1) is 0 Å². The van der Waals surface area contributed by atoms with Crippen molar-refractivity contribution >= 4 is 34.8 Å². The number of aromatic amines is 1. The molecule has 32 heavy (non-hydrogen) atoms. The van der Waals surface area contributed by atoms with E-state index in [1.54, 1.807) is 22.9 Å². The minimum absolute atomic E-state index is 0.0250. The van der Waals surface area contributed by atoms with Crippen LogP contribution in [0.25, 0.3) is 11.0 Å². The molecule has 6 N–H and O–H groups in total. The first-order valence-electron chi connectivity index (χ1n) is 9.89. The van der Waals surface area contributed by atoms with Gasteiger partial charge in [0.2, 0.25) is 5.95 Å². The number of aromatic nitrogens is 3. The monoisotopic (exact) mass is 445 g/mol. The van der Waals surface area contributed by atoms with Gasteiger partial charge in [0, 0.05) is 25.1 Å². The summed E-state index contributed by atoms with van der Waals surface area (Å²) in [6, 6.07) is 3.40. The van der Waals surface area contributed by atoms with Gasteiger partial charge in [-0.3, -0.25) is 14.4 Å². The van der Waals surface area contributed by atoms with Gasteiger partial charge in [0.25, 0.3) is 11.5 Å². The molecule has 0 aliphatic rings. The van der Waals surface area contributed by atoms with Crippen LogP contribution >= 0.6 is 0 Å². The average Bonchev–Trinajstić information content (AvgIpc) is 3.36. The minimum Gasteiger partial charge on any atom is -0.481 e. The second-order valence-corrected chi connectivity index (χ2v) is 7.26. The Morgan fingerprint density at radius 1 is 1.28 bits per heavy atom. The quantitative estimate of drug-likeness (QED) is 0.304. The molecular weight excluding hydrogens is 422 g/mol. The van der Waals surface area contributed by atoms with Gasteiger partial charge in [-0.1, -0.05) is 6.92 Å². The number of carboxylic acid groups (broad SMARTS) is 2. The molecule has 3 aromatic rings. The highest BCUT2D eigenvalue weighted by Gasteiger charge is 2.24. The lowest BCUT2D eigenvalue weighted by Crippen LogP contribution is -2.41. The average molecular weight is 445 g/mol. The number of H-pyrrole nitrogens is 1. The highest BCUT2D eigenvalue weighted by molar-refractivity contribution is 5.94. The van der Waals surface area contributed by atoms with E-state index in [2.05, 4.69) is 15.3 Å². The number of nitrogens with zero attached hydrogens (tertiary/aromatic N) is 2. The van der Waals surface area contributed by atoms with Crippen LogP contribution in [-0.4, -0.2) is 48.6 Å². The number of hydrogen-bond acceptors (Lipinski definition) is 7. The molecule has 3 aromatic heterocycles. The highest BCUT2D eigenvalue weighted by Crippen LogP contribution is 2.25. The van der Waals surface area contributed by atoms with Crippen molar-refractivity contribution in [3.8, 4) is 0 Å². The lowest BCUT2D eigenvalue weighted by Gasteiger charge is -2.14. The predicted octanol–water partition coefficient (Wildman–Crippen LogP) is 1.14. The molecule has 0 radical (unpaired) electrons. The minimum atomic E-state index is -1.35. The third-order valence-electron chi connectivity index (χ3n) is 5.06. The van der Waals surface area contributed by atoms with Gasteiger partial charge in [-0.2, -0.15) is 4.98 Å². The summed E-state index contributed by atoms with van der Waals surface area (Å²) >= 11 is 0. The zero-order chi connectivity index (χ0) is 23.4. The molecule has 12 heteroatoms. The summed E-state index contributed by atoms with van der Waals surface area (Å²) in [7, 11) is 0. The van der Waals surface area contributed by atoms with Gasteiger partial charge in [0.1, 0.15) is 17.3 Å². The Hall–Kier alpha value is -4.09. The molecule has 3 rings (SSSR count). The van der Waals surface area contributed by atoms with Crippen LogP contribution in [0.5, 0.6) is 0 Å². The third-order valence-corrected chi connectivity index (χ3v) is 5.06. The first kappa shape index (κ1) is 22.6. The Morgan fingerprint density at radius 3 is 2.69 bits per heavy atom. The van der Waals surface area contributed by atoms with Crippen LogP contribution in [0.15, 0.2) is 33.6 Å². The predicted molar refractivity (Wildman–Crippen MR) is 112 cm³/mol. The molecule has 1 amide bonds. The van der Waals surface area contributed by atoms with E-state index in [0.29, 0.717) is 29.8 Å². The molecule has 0 saturated carbocycles. The lowest BCUT2D eigenvalue weighted by atomic mass is 10.0. The van der Waals surface area contributed by atoms with Crippen LogP contribution in [-0.2, 0) is 16.1 Å². The number of carbonyl (C=O) groups excluding carboxylic acids is 1. The number of rotatable bonds is 10. The number of nitrogen functional groups attached to an aromatic ring is 1. The number of nitrogens with two attached hydrogens (primary N) is 1. The number of carboxylic acids is 2. The van der Waals surface area contributed by atoms with Crippen molar-refractivity contribution in [3.63, 3.8) is 0 Å². The molecule has 1 unspecified atom stereocenters. The Bertz CT molecular complexity index is 1210. The van der Waals surface area contributed by atoms with Crippen molar-refractivity contribution in [2.24, 2.45) is 0 Å². The SMILES string of the molecule is CCC(Cn1ccc2[nH]c(N)nc(=O)c21)c1ccc(C(=O)N[C@@H](CCC(=O)O)C(=O)O)o1. The van der Waals surface area contributed by atoms with Crippen LogP contribution in [0, 0.1) is 0 Å². The largest absolute Gasteiger partial charge is 0.481 e.